The fraction of sp³-hybridized carbons (Fsp3) is 0.517. The van der Waals surface area contributed by atoms with Crippen LogP contribution in [0.1, 0.15) is 97.1 Å². The Morgan fingerprint density at radius 2 is 1.13 bits per heavy atom. The summed E-state index contributed by atoms with van der Waals surface area (Å²) in [5.41, 5.74) is -8.06. The summed E-state index contributed by atoms with van der Waals surface area (Å²) in [5.74, 6) is -2.13. The molecule has 0 radical (unpaired) electrons. The molecule has 4 nitrogen and oxygen atoms in total. The van der Waals surface area contributed by atoms with Gasteiger partial charge in [0.2, 0.25) is 5.41 Å². The SMILES string of the molecule is CCCCCCOC(=O)c1ccc(C(c2ccccc2C(=O)OCCCCCC)(C(F)(F)F)C(F)(F)F)cc1. The van der Waals surface area contributed by atoms with Crippen molar-refractivity contribution in [1.29, 1.82) is 0 Å². The number of unbranched alkanes of at least 4 members (excludes halogenated alkanes) is 6. The van der Waals surface area contributed by atoms with Gasteiger partial charge in [0.1, 0.15) is 0 Å². The molecule has 0 heterocycles. The third-order valence-corrected chi connectivity index (χ3v) is 6.42. The van der Waals surface area contributed by atoms with Crippen molar-refractivity contribution in [2.45, 2.75) is 83.0 Å². The van der Waals surface area contributed by atoms with Crippen LogP contribution in [0.3, 0.4) is 0 Å². The lowest BCUT2D eigenvalue weighted by Crippen LogP contribution is -2.55. The zero-order chi connectivity index (χ0) is 29.1. The van der Waals surface area contributed by atoms with E-state index in [0.29, 0.717) is 37.5 Å². The largest absolute Gasteiger partial charge is 0.462 e. The van der Waals surface area contributed by atoms with E-state index < -0.39 is 46.4 Å². The van der Waals surface area contributed by atoms with Gasteiger partial charge in [0, 0.05) is 0 Å². The lowest BCUT2D eigenvalue weighted by molar-refractivity contribution is -0.288. The van der Waals surface area contributed by atoms with Crippen molar-refractivity contribution in [2.24, 2.45) is 0 Å². The second-order valence-corrected chi connectivity index (χ2v) is 9.26. The van der Waals surface area contributed by atoms with Crippen LogP contribution in [0.25, 0.3) is 0 Å². The molecule has 0 unspecified atom stereocenters. The Bertz CT molecular complexity index is 1050. The summed E-state index contributed by atoms with van der Waals surface area (Å²) in [7, 11) is 0. The molecule has 2 aromatic rings. The molecule has 2 aromatic carbocycles. The molecular weight excluding hydrogens is 526 g/mol. The molecule has 0 N–H and O–H groups in total. The van der Waals surface area contributed by atoms with Crippen molar-refractivity contribution in [3.63, 3.8) is 0 Å². The lowest BCUT2D eigenvalue weighted by Gasteiger charge is -2.39. The zero-order valence-electron chi connectivity index (χ0n) is 22.1. The summed E-state index contributed by atoms with van der Waals surface area (Å²) >= 11 is 0. The second-order valence-electron chi connectivity index (χ2n) is 9.26. The minimum atomic E-state index is -5.90. The number of ether oxygens (including phenoxy) is 2. The normalized spacial score (nSPS) is 12.3. The van der Waals surface area contributed by atoms with Gasteiger partial charge in [0.25, 0.3) is 0 Å². The van der Waals surface area contributed by atoms with Gasteiger partial charge < -0.3 is 9.47 Å². The maximum atomic E-state index is 14.6. The highest BCUT2D eigenvalue weighted by Gasteiger charge is 2.73. The van der Waals surface area contributed by atoms with Gasteiger partial charge in [0.05, 0.1) is 24.3 Å². The predicted molar refractivity (Wildman–Crippen MR) is 135 cm³/mol. The first kappa shape index (κ1) is 32.2. The number of halogens is 6. The van der Waals surface area contributed by atoms with E-state index in [4.69, 9.17) is 9.47 Å². The second kappa shape index (κ2) is 14.4. The van der Waals surface area contributed by atoms with Crippen molar-refractivity contribution in [3.8, 4) is 0 Å². The Morgan fingerprint density at radius 3 is 1.62 bits per heavy atom. The van der Waals surface area contributed by atoms with Gasteiger partial charge in [-0.15, -0.1) is 0 Å². The zero-order valence-corrected chi connectivity index (χ0v) is 22.1. The molecule has 216 valence electrons. The third-order valence-electron chi connectivity index (χ3n) is 6.42. The first-order valence-corrected chi connectivity index (χ1v) is 13.1. The van der Waals surface area contributed by atoms with Crippen LogP contribution in [0.4, 0.5) is 26.3 Å². The number of carbonyl (C=O) groups excluding carboxylic acids is 2. The maximum absolute atomic E-state index is 14.6. The molecular formula is C29H34F6O4. The van der Waals surface area contributed by atoms with Crippen molar-refractivity contribution in [1.82, 2.24) is 0 Å². The van der Waals surface area contributed by atoms with Crippen LogP contribution in [0, 0.1) is 0 Å². The molecule has 0 spiro atoms. The molecule has 0 fully saturated rings. The van der Waals surface area contributed by atoms with E-state index in [1.807, 2.05) is 13.8 Å². The van der Waals surface area contributed by atoms with Crippen LogP contribution in [0.5, 0.6) is 0 Å². The Hall–Kier alpha value is -3.04. The van der Waals surface area contributed by atoms with Crippen LogP contribution in [-0.4, -0.2) is 37.5 Å². The van der Waals surface area contributed by atoms with E-state index in [0.717, 1.165) is 56.4 Å². The summed E-state index contributed by atoms with van der Waals surface area (Å²) in [6.45, 7) is 3.92. The molecule has 0 aliphatic rings. The molecule has 10 heteroatoms. The molecule has 2 rings (SSSR count). The van der Waals surface area contributed by atoms with Crippen molar-refractivity contribution in [2.75, 3.05) is 13.2 Å². The Labute approximate surface area is 224 Å². The van der Waals surface area contributed by atoms with Gasteiger partial charge in [-0.25, -0.2) is 9.59 Å². The van der Waals surface area contributed by atoms with Gasteiger partial charge in [0.15, 0.2) is 0 Å². The first-order chi connectivity index (χ1) is 18.4. The number of hydrogen-bond donors (Lipinski definition) is 0. The summed E-state index contributed by atoms with van der Waals surface area (Å²) in [4.78, 5) is 25.0. The molecule has 0 aliphatic carbocycles. The van der Waals surface area contributed by atoms with Gasteiger partial charge in [-0.2, -0.15) is 26.3 Å². The average molecular weight is 561 g/mol. The van der Waals surface area contributed by atoms with Crippen LogP contribution >= 0.6 is 0 Å². The predicted octanol–water partition coefficient (Wildman–Crippen LogP) is 8.57. The molecule has 39 heavy (non-hydrogen) atoms. The van der Waals surface area contributed by atoms with E-state index in [1.165, 1.54) is 6.07 Å². The molecule has 0 atom stereocenters. The van der Waals surface area contributed by atoms with Gasteiger partial charge in [-0.3, -0.25) is 0 Å². The Morgan fingerprint density at radius 1 is 0.641 bits per heavy atom. The molecule has 0 aromatic heterocycles. The maximum Gasteiger partial charge on any atom is 0.411 e. The van der Waals surface area contributed by atoms with E-state index in [2.05, 4.69) is 0 Å². The Balaban J connectivity index is 2.49. The number of carbonyl (C=O) groups is 2. The van der Waals surface area contributed by atoms with E-state index >= 15 is 0 Å². The third kappa shape index (κ3) is 7.76. The molecule has 0 saturated carbocycles. The minimum absolute atomic E-state index is 0.0869. The van der Waals surface area contributed by atoms with Crippen LogP contribution in [-0.2, 0) is 14.9 Å². The smallest absolute Gasteiger partial charge is 0.411 e. The number of alkyl halides is 6. The molecule has 0 aliphatic heterocycles. The quantitative estimate of drug-likeness (QED) is 0.132. The Kier molecular flexibility index (Phi) is 11.9. The number of rotatable bonds is 14. The van der Waals surface area contributed by atoms with Crippen molar-refractivity contribution < 1.29 is 45.4 Å². The molecule has 0 amide bonds. The van der Waals surface area contributed by atoms with E-state index in [9.17, 15) is 35.9 Å². The number of benzene rings is 2. The summed E-state index contributed by atoms with van der Waals surface area (Å²) in [6, 6.07) is 6.63. The van der Waals surface area contributed by atoms with Crippen LogP contribution in [0.2, 0.25) is 0 Å². The molecule has 0 bridgehead atoms. The highest BCUT2D eigenvalue weighted by atomic mass is 19.4. The first-order valence-electron chi connectivity index (χ1n) is 13.1. The van der Waals surface area contributed by atoms with E-state index in [-0.39, 0.29) is 18.8 Å². The number of hydrogen-bond acceptors (Lipinski definition) is 4. The van der Waals surface area contributed by atoms with Gasteiger partial charge in [-0.1, -0.05) is 82.7 Å². The standard InChI is InChI=1S/C29H34F6O4/c1-3-5-7-11-19-38-25(36)21-15-17-22(18-16-21)27(28(30,31)32,29(33,34)35)24-14-10-9-13-23(24)26(37)39-20-12-8-6-4-2/h9-10,13-18H,3-8,11-12,19-20H2,1-2H3. The fourth-order valence-corrected chi connectivity index (χ4v) is 4.34. The fourth-order valence-electron chi connectivity index (χ4n) is 4.34. The summed E-state index contributed by atoms with van der Waals surface area (Å²) in [5, 5.41) is 0. The van der Waals surface area contributed by atoms with Crippen molar-refractivity contribution in [3.05, 3.63) is 70.8 Å². The lowest BCUT2D eigenvalue weighted by atomic mass is 9.71. The topological polar surface area (TPSA) is 52.6 Å². The molecule has 0 saturated heterocycles. The average Bonchev–Trinajstić information content (AvgIpc) is 2.87. The monoisotopic (exact) mass is 560 g/mol. The highest BCUT2D eigenvalue weighted by Crippen LogP contribution is 2.57. The van der Waals surface area contributed by atoms with Crippen LogP contribution in [0.15, 0.2) is 48.5 Å². The number of esters is 2. The van der Waals surface area contributed by atoms with Gasteiger partial charge >= 0.3 is 24.3 Å². The van der Waals surface area contributed by atoms with Crippen LogP contribution < -0.4 is 0 Å². The highest BCUT2D eigenvalue weighted by molar-refractivity contribution is 5.92. The van der Waals surface area contributed by atoms with Crippen molar-refractivity contribution >= 4 is 11.9 Å². The van der Waals surface area contributed by atoms with Gasteiger partial charge in [-0.05, 0) is 42.2 Å². The minimum Gasteiger partial charge on any atom is -0.462 e. The summed E-state index contributed by atoms with van der Waals surface area (Å²) in [6.07, 6.45) is -5.60. The van der Waals surface area contributed by atoms with E-state index in [1.54, 1.807) is 0 Å². The summed E-state index contributed by atoms with van der Waals surface area (Å²) < 4.78 is 98.0.